The Balaban J connectivity index is 0. The zero-order valence-corrected chi connectivity index (χ0v) is 12.8. The number of hydrogen-bond acceptors (Lipinski definition) is 4. The summed E-state index contributed by atoms with van der Waals surface area (Å²) in [6.45, 7) is 9.22. The average molecular weight is 276 g/mol. The van der Waals surface area contributed by atoms with Crippen LogP contribution in [0.2, 0.25) is 0 Å². The average Bonchev–Trinajstić information content (AvgIpc) is 1.99. The number of Topliss-reactive ketones (excluding diaryl/α,β-unsaturated/α-hetero) is 2. The summed E-state index contributed by atoms with van der Waals surface area (Å²) in [5.74, 6) is -2.06. The van der Waals surface area contributed by atoms with E-state index in [2.05, 4.69) is 0 Å². The first-order valence-electron chi connectivity index (χ1n) is 5.40. The molecule has 0 heterocycles. The van der Waals surface area contributed by atoms with E-state index in [1.807, 2.05) is 0 Å². The van der Waals surface area contributed by atoms with Crippen LogP contribution >= 0.6 is 0 Å². The number of carbonyl (C=O) groups is 3. The van der Waals surface area contributed by atoms with Crippen LogP contribution in [0.25, 0.3) is 0 Å². The second-order valence-corrected chi connectivity index (χ2v) is 4.53. The molecule has 0 fully saturated rings. The summed E-state index contributed by atoms with van der Waals surface area (Å²) in [5.41, 5.74) is -1.65. The molecule has 0 saturated heterocycles. The van der Waals surface area contributed by atoms with Gasteiger partial charge in [0.1, 0.15) is 0 Å². The minimum Gasteiger partial charge on any atom is -0.462 e. The zero-order valence-electron chi connectivity index (χ0n) is 11.3. The molecule has 0 atom stereocenters. The molecule has 0 aliphatic heterocycles. The van der Waals surface area contributed by atoms with E-state index in [1.54, 1.807) is 27.7 Å². The standard InChI is InChI=1S/C12H20O4.Ti/c1-7(2)12(9(5)13,10(6)14)11(15)16-8(3)4;/h7-8H,1-6H3;. The van der Waals surface area contributed by atoms with Crippen molar-refractivity contribution in [3.05, 3.63) is 0 Å². The van der Waals surface area contributed by atoms with E-state index >= 15 is 0 Å². The van der Waals surface area contributed by atoms with E-state index in [9.17, 15) is 14.4 Å². The summed E-state index contributed by atoms with van der Waals surface area (Å²) in [4.78, 5) is 35.2. The molecular weight excluding hydrogens is 256 g/mol. The van der Waals surface area contributed by atoms with Gasteiger partial charge < -0.3 is 4.74 Å². The van der Waals surface area contributed by atoms with E-state index in [0.717, 1.165) is 0 Å². The Labute approximate surface area is 117 Å². The summed E-state index contributed by atoms with van der Waals surface area (Å²) in [7, 11) is 0. The number of esters is 1. The van der Waals surface area contributed by atoms with Crippen LogP contribution in [0.3, 0.4) is 0 Å². The van der Waals surface area contributed by atoms with Gasteiger partial charge in [0, 0.05) is 21.7 Å². The van der Waals surface area contributed by atoms with Gasteiger partial charge >= 0.3 is 5.97 Å². The maximum Gasteiger partial charge on any atom is 0.327 e. The quantitative estimate of drug-likeness (QED) is 0.436. The van der Waals surface area contributed by atoms with Crippen LogP contribution in [0.15, 0.2) is 0 Å². The number of carbonyl (C=O) groups excluding carboxylic acids is 3. The Kier molecular flexibility index (Phi) is 7.85. The van der Waals surface area contributed by atoms with Crippen molar-refractivity contribution in [2.45, 2.75) is 47.6 Å². The third-order valence-corrected chi connectivity index (χ3v) is 2.64. The molecular formula is C12H20O4Ti. The molecule has 0 amide bonds. The van der Waals surface area contributed by atoms with Gasteiger partial charge in [-0.2, -0.15) is 0 Å². The molecule has 0 unspecified atom stereocenters. The molecule has 0 spiro atoms. The fourth-order valence-corrected chi connectivity index (χ4v) is 1.89. The summed E-state index contributed by atoms with van der Waals surface area (Å²) >= 11 is 0. The van der Waals surface area contributed by atoms with Crippen LogP contribution in [0.5, 0.6) is 0 Å². The second kappa shape index (κ2) is 7.07. The molecule has 0 radical (unpaired) electrons. The second-order valence-electron chi connectivity index (χ2n) is 4.53. The number of ketones is 2. The van der Waals surface area contributed by atoms with E-state index in [1.165, 1.54) is 13.8 Å². The van der Waals surface area contributed by atoms with Crippen molar-refractivity contribution in [1.29, 1.82) is 0 Å². The molecule has 0 aromatic carbocycles. The van der Waals surface area contributed by atoms with Gasteiger partial charge in [-0.25, -0.2) is 0 Å². The van der Waals surface area contributed by atoms with Crippen molar-refractivity contribution in [1.82, 2.24) is 0 Å². The Bertz CT molecular complexity index is 294. The van der Waals surface area contributed by atoms with Crippen LogP contribution < -0.4 is 0 Å². The third kappa shape index (κ3) is 3.75. The Morgan fingerprint density at radius 1 is 0.941 bits per heavy atom. The van der Waals surface area contributed by atoms with Crippen LogP contribution in [0.4, 0.5) is 0 Å². The first-order valence-corrected chi connectivity index (χ1v) is 5.40. The van der Waals surface area contributed by atoms with Crippen LogP contribution in [0.1, 0.15) is 41.5 Å². The topological polar surface area (TPSA) is 60.4 Å². The molecule has 0 aromatic heterocycles. The molecule has 5 heteroatoms. The van der Waals surface area contributed by atoms with E-state index in [4.69, 9.17) is 4.74 Å². The summed E-state index contributed by atoms with van der Waals surface area (Å²) in [6.07, 6.45) is -0.343. The monoisotopic (exact) mass is 276 g/mol. The molecule has 17 heavy (non-hydrogen) atoms. The van der Waals surface area contributed by atoms with Crippen molar-refractivity contribution in [3.63, 3.8) is 0 Å². The van der Waals surface area contributed by atoms with E-state index < -0.39 is 28.9 Å². The van der Waals surface area contributed by atoms with Crippen LogP contribution in [-0.2, 0) is 40.8 Å². The van der Waals surface area contributed by atoms with Crippen LogP contribution in [-0.4, -0.2) is 23.6 Å². The van der Waals surface area contributed by atoms with Crippen molar-refractivity contribution in [3.8, 4) is 0 Å². The summed E-state index contributed by atoms with van der Waals surface area (Å²) < 4.78 is 5.02. The van der Waals surface area contributed by atoms with Crippen molar-refractivity contribution in [2.24, 2.45) is 11.3 Å². The third-order valence-electron chi connectivity index (χ3n) is 2.64. The minimum absolute atomic E-state index is 0. The smallest absolute Gasteiger partial charge is 0.327 e. The molecule has 0 rings (SSSR count). The maximum absolute atomic E-state index is 11.9. The van der Waals surface area contributed by atoms with Crippen molar-refractivity contribution in [2.75, 3.05) is 0 Å². The van der Waals surface area contributed by atoms with Gasteiger partial charge in [-0.3, -0.25) is 14.4 Å². The van der Waals surface area contributed by atoms with Crippen LogP contribution in [0, 0.1) is 11.3 Å². The first-order chi connectivity index (χ1) is 7.17. The first kappa shape index (κ1) is 18.9. The summed E-state index contributed by atoms with van der Waals surface area (Å²) in [6, 6.07) is 0. The number of hydrogen-bond donors (Lipinski definition) is 0. The molecule has 0 bridgehead atoms. The fourth-order valence-electron chi connectivity index (χ4n) is 1.89. The minimum atomic E-state index is -1.65. The Morgan fingerprint density at radius 2 is 1.29 bits per heavy atom. The summed E-state index contributed by atoms with van der Waals surface area (Å²) in [5, 5.41) is 0. The van der Waals surface area contributed by atoms with Gasteiger partial charge in [-0.1, -0.05) is 13.8 Å². The van der Waals surface area contributed by atoms with E-state index in [-0.39, 0.29) is 27.8 Å². The van der Waals surface area contributed by atoms with E-state index in [0.29, 0.717) is 0 Å². The van der Waals surface area contributed by atoms with Crippen molar-refractivity contribution >= 4 is 17.5 Å². The molecule has 96 valence electrons. The molecule has 0 aliphatic carbocycles. The van der Waals surface area contributed by atoms with Gasteiger partial charge in [-0.15, -0.1) is 0 Å². The normalized spacial score (nSPS) is 11.1. The van der Waals surface area contributed by atoms with Gasteiger partial charge in [0.25, 0.3) is 0 Å². The van der Waals surface area contributed by atoms with Gasteiger partial charge in [0.05, 0.1) is 6.10 Å². The molecule has 0 aliphatic rings. The fraction of sp³-hybridized carbons (Fsp3) is 0.750. The Morgan fingerprint density at radius 3 is 1.47 bits per heavy atom. The Hall–Kier alpha value is -0.476. The van der Waals surface area contributed by atoms with Gasteiger partial charge in [0.15, 0.2) is 17.0 Å². The largest absolute Gasteiger partial charge is 0.462 e. The van der Waals surface area contributed by atoms with Gasteiger partial charge in [-0.05, 0) is 33.6 Å². The van der Waals surface area contributed by atoms with Gasteiger partial charge in [0.2, 0.25) is 0 Å². The molecule has 0 saturated carbocycles. The molecule has 4 nitrogen and oxygen atoms in total. The SMILES string of the molecule is CC(=O)C(C(C)=O)(C(=O)OC(C)C)C(C)C.[Ti]. The maximum atomic E-state index is 11.9. The number of ether oxygens (including phenoxy) is 1. The number of rotatable bonds is 5. The van der Waals surface area contributed by atoms with Crippen molar-refractivity contribution < 1.29 is 40.8 Å². The predicted molar refractivity (Wildman–Crippen MR) is 59.9 cm³/mol. The zero-order chi connectivity index (χ0) is 13.1. The molecule has 0 N–H and O–H groups in total. The molecule has 0 aromatic rings. The predicted octanol–water partition coefficient (Wildman–Crippen LogP) is 1.76.